The average molecular weight is 529 g/mol. The van der Waals surface area contributed by atoms with E-state index in [1.807, 2.05) is 57.2 Å². The summed E-state index contributed by atoms with van der Waals surface area (Å²) >= 11 is 0. The molecule has 0 aliphatic heterocycles. The molecule has 2 aromatic carbocycles. The van der Waals surface area contributed by atoms with Gasteiger partial charge in [-0.25, -0.2) is 4.31 Å². The van der Waals surface area contributed by atoms with Crippen LogP contribution in [0.1, 0.15) is 54.9 Å². The summed E-state index contributed by atoms with van der Waals surface area (Å²) in [5.41, 5.74) is 3.98. The molecule has 8 nitrogen and oxygen atoms in total. The monoisotopic (exact) mass is 528 g/mol. The fourth-order valence-electron chi connectivity index (χ4n) is 4.67. The number of amides is 2. The summed E-state index contributed by atoms with van der Waals surface area (Å²) in [6, 6.07) is 12.6. The molecule has 1 aliphatic rings. The van der Waals surface area contributed by atoms with Crippen molar-refractivity contribution in [2.45, 2.75) is 72.0 Å². The molecule has 1 fully saturated rings. The number of nitrogens with zero attached hydrogens (tertiary/aromatic N) is 3. The first-order chi connectivity index (χ1) is 17.4. The van der Waals surface area contributed by atoms with Gasteiger partial charge in [-0.15, -0.1) is 0 Å². The maximum atomic E-state index is 13.9. The summed E-state index contributed by atoms with van der Waals surface area (Å²) in [4.78, 5) is 28.6. The van der Waals surface area contributed by atoms with E-state index < -0.39 is 28.7 Å². The van der Waals surface area contributed by atoms with Crippen LogP contribution in [0.4, 0.5) is 5.69 Å². The van der Waals surface area contributed by atoms with Crippen molar-refractivity contribution in [3.63, 3.8) is 0 Å². The predicted octanol–water partition coefficient (Wildman–Crippen LogP) is 3.70. The molecule has 1 saturated carbocycles. The second kappa shape index (κ2) is 12.1. The molecule has 1 unspecified atom stereocenters. The number of carbonyl (C=O) groups excluding carboxylic acids is 2. The highest BCUT2D eigenvalue weighted by atomic mass is 32.2. The fraction of sp³-hybridized carbons (Fsp3) is 0.500. The minimum atomic E-state index is -3.99. The van der Waals surface area contributed by atoms with Gasteiger partial charge in [-0.05, 0) is 63.3 Å². The Balaban J connectivity index is 1.96. The Morgan fingerprint density at radius 2 is 1.65 bits per heavy atom. The minimum Gasteiger partial charge on any atom is -0.352 e. The number of aryl methyl sites for hydroxylation is 3. The van der Waals surface area contributed by atoms with Crippen molar-refractivity contribution in [1.29, 1.82) is 0 Å². The Labute approximate surface area is 221 Å². The largest absolute Gasteiger partial charge is 0.352 e. The highest BCUT2D eigenvalue weighted by molar-refractivity contribution is 7.90. The number of rotatable bonds is 10. The van der Waals surface area contributed by atoms with Crippen LogP contribution in [0.2, 0.25) is 0 Å². The van der Waals surface area contributed by atoms with Crippen molar-refractivity contribution in [2.75, 3.05) is 24.9 Å². The van der Waals surface area contributed by atoms with Crippen LogP contribution in [0.3, 0.4) is 0 Å². The lowest BCUT2D eigenvalue weighted by Crippen LogP contribution is -2.53. The van der Waals surface area contributed by atoms with E-state index in [0.29, 0.717) is 5.69 Å². The Bertz CT molecular complexity index is 1220. The van der Waals surface area contributed by atoms with E-state index in [1.54, 1.807) is 13.0 Å². The molecule has 1 atom stereocenters. The lowest BCUT2D eigenvalue weighted by atomic mass is 10.1. The van der Waals surface area contributed by atoms with Crippen molar-refractivity contribution < 1.29 is 18.0 Å². The first kappa shape index (κ1) is 28.7. The number of benzene rings is 2. The van der Waals surface area contributed by atoms with E-state index in [9.17, 15) is 18.0 Å². The molecule has 0 aromatic heterocycles. The van der Waals surface area contributed by atoms with Crippen LogP contribution < -0.4 is 9.62 Å². The van der Waals surface area contributed by atoms with Gasteiger partial charge in [0.1, 0.15) is 12.6 Å². The van der Waals surface area contributed by atoms with Gasteiger partial charge in [-0.1, -0.05) is 54.8 Å². The first-order valence-electron chi connectivity index (χ1n) is 12.8. The van der Waals surface area contributed by atoms with Crippen molar-refractivity contribution in [2.24, 2.45) is 0 Å². The number of hydrogen-bond donors (Lipinski definition) is 1. The van der Waals surface area contributed by atoms with Gasteiger partial charge in [0.2, 0.25) is 11.8 Å². The molecule has 0 saturated heterocycles. The number of nitrogens with one attached hydrogen (secondary N) is 1. The highest BCUT2D eigenvalue weighted by Crippen LogP contribution is 2.26. The molecule has 202 valence electrons. The molecule has 1 N–H and O–H groups in total. The standard InChI is InChI=1S/C28H40N4O4S/c1-20-10-9-11-24(16-20)18-31(23(4)28(34)29-25-12-7-8-13-25)27(33)19-32(37(35,36)30(5)6)26-17-21(2)14-15-22(26)3/h9-11,14-17,23,25H,7-8,12-13,18-19H2,1-6H3,(H,29,34). The van der Waals surface area contributed by atoms with E-state index >= 15 is 0 Å². The summed E-state index contributed by atoms with van der Waals surface area (Å²) in [6.45, 7) is 7.16. The molecule has 9 heteroatoms. The van der Waals surface area contributed by atoms with Crippen LogP contribution in [-0.4, -0.2) is 62.2 Å². The summed E-state index contributed by atoms with van der Waals surface area (Å²) in [7, 11) is -1.10. The second-order valence-electron chi connectivity index (χ2n) is 10.3. The predicted molar refractivity (Wildman–Crippen MR) is 147 cm³/mol. The van der Waals surface area contributed by atoms with Gasteiger partial charge in [0, 0.05) is 26.7 Å². The molecule has 3 rings (SSSR count). The Kier molecular flexibility index (Phi) is 9.36. The molecule has 0 spiro atoms. The van der Waals surface area contributed by atoms with Crippen LogP contribution in [0.5, 0.6) is 0 Å². The molecule has 2 amide bonds. The van der Waals surface area contributed by atoms with Crippen LogP contribution in [0.15, 0.2) is 42.5 Å². The van der Waals surface area contributed by atoms with Crippen molar-refractivity contribution in [1.82, 2.24) is 14.5 Å². The van der Waals surface area contributed by atoms with E-state index in [0.717, 1.165) is 56.5 Å². The van der Waals surface area contributed by atoms with Gasteiger partial charge >= 0.3 is 10.2 Å². The number of carbonyl (C=O) groups is 2. The van der Waals surface area contributed by atoms with Crippen LogP contribution >= 0.6 is 0 Å². The Hall–Kier alpha value is -2.91. The van der Waals surface area contributed by atoms with Crippen molar-refractivity contribution >= 4 is 27.7 Å². The lowest BCUT2D eigenvalue weighted by Gasteiger charge is -2.33. The maximum Gasteiger partial charge on any atom is 0.304 e. The van der Waals surface area contributed by atoms with Gasteiger partial charge in [0.15, 0.2) is 0 Å². The van der Waals surface area contributed by atoms with E-state index in [4.69, 9.17) is 0 Å². The maximum absolute atomic E-state index is 13.9. The Morgan fingerprint density at radius 3 is 2.27 bits per heavy atom. The molecule has 1 aliphatic carbocycles. The van der Waals surface area contributed by atoms with Crippen LogP contribution in [-0.2, 0) is 26.3 Å². The summed E-state index contributed by atoms with van der Waals surface area (Å²) < 4.78 is 29.0. The normalized spacial score (nSPS) is 15.0. The van der Waals surface area contributed by atoms with Gasteiger partial charge in [-0.3, -0.25) is 9.59 Å². The topological polar surface area (TPSA) is 90.0 Å². The molecule has 0 heterocycles. The number of anilines is 1. The smallest absolute Gasteiger partial charge is 0.304 e. The molecule has 0 bridgehead atoms. The average Bonchev–Trinajstić information content (AvgIpc) is 3.35. The quantitative estimate of drug-likeness (QED) is 0.509. The van der Waals surface area contributed by atoms with Crippen LogP contribution in [0, 0.1) is 20.8 Å². The van der Waals surface area contributed by atoms with Gasteiger partial charge < -0.3 is 10.2 Å². The first-order valence-corrected chi connectivity index (χ1v) is 14.2. The summed E-state index contributed by atoms with van der Waals surface area (Å²) in [5, 5.41) is 3.09. The van der Waals surface area contributed by atoms with Crippen molar-refractivity contribution in [3.8, 4) is 0 Å². The van der Waals surface area contributed by atoms with Gasteiger partial charge in [0.05, 0.1) is 5.69 Å². The second-order valence-corrected chi connectivity index (χ2v) is 12.3. The molecule has 37 heavy (non-hydrogen) atoms. The zero-order valence-corrected chi connectivity index (χ0v) is 23.6. The van der Waals surface area contributed by atoms with E-state index in [1.165, 1.54) is 19.0 Å². The van der Waals surface area contributed by atoms with Gasteiger partial charge in [0.25, 0.3) is 0 Å². The zero-order valence-electron chi connectivity index (χ0n) is 22.8. The molecule has 2 aromatic rings. The Morgan fingerprint density at radius 1 is 1.00 bits per heavy atom. The minimum absolute atomic E-state index is 0.117. The highest BCUT2D eigenvalue weighted by Gasteiger charge is 2.34. The van der Waals surface area contributed by atoms with E-state index in [-0.39, 0.29) is 18.5 Å². The van der Waals surface area contributed by atoms with Crippen molar-refractivity contribution in [3.05, 3.63) is 64.7 Å². The third-order valence-corrected chi connectivity index (χ3v) is 8.76. The molecule has 0 radical (unpaired) electrons. The fourth-order valence-corrected chi connectivity index (χ4v) is 5.78. The zero-order chi connectivity index (χ0) is 27.3. The molecular formula is C28H40N4O4S. The number of hydrogen-bond acceptors (Lipinski definition) is 4. The lowest BCUT2D eigenvalue weighted by molar-refractivity contribution is -0.139. The third kappa shape index (κ3) is 7.11. The SMILES string of the molecule is Cc1cccc(CN(C(=O)CN(c2cc(C)ccc2C)S(=O)(=O)N(C)C)C(C)C(=O)NC2CCCC2)c1. The summed E-state index contributed by atoms with van der Waals surface area (Å²) in [5.74, 6) is -0.663. The molecular weight excluding hydrogens is 488 g/mol. The van der Waals surface area contributed by atoms with Gasteiger partial charge in [-0.2, -0.15) is 12.7 Å². The van der Waals surface area contributed by atoms with E-state index in [2.05, 4.69) is 5.32 Å². The summed E-state index contributed by atoms with van der Waals surface area (Å²) in [6.07, 6.45) is 4.04. The van der Waals surface area contributed by atoms with Crippen LogP contribution in [0.25, 0.3) is 0 Å². The third-order valence-electron chi connectivity index (χ3n) is 6.96.